The molecule has 0 heterocycles. The lowest BCUT2D eigenvalue weighted by atomic mass is 9.64. The summed E-state index contributed by atoms with van der Waals surface area (Å²) in [6.07, 6.45) is -5.23. The van der Waals surface area contributed by atoms with Crippen molar-refractivity contribution in [1.29, 1.82) is 0 Å². The highest BCUT2D eigenvalue weighted by Gasteiger charge is 2.62. The lowest BCUT2D eigenvalue weighted by molar-refractivity contribution is -0.198. The summed E-state index contributed by atoms with van der Waals surface area (Å²) in [5, 5.41) is 21.9. The SMILES string of the molecule is CCOC(=O)C1(O)CC(c2ccc(C(F)(F)F)cc2)CC(O)(C(=O)OCC)C1N. The normalized spacial score (nSPS) is 29.9. The maximum absolute atomic E-state index is 12.8. The summed E-state index contributed by atoms with van der Waals surface area (Å²) in [5.41, 5.74) is 0.450. The second-order valence-electron chi connectivity index (χ2n) is 6.99. The molecule has 29 heavy (non-hydrogen) atoms. The van der Waals surface area contributed by atoms with Crippen molar-refractivity contribution < 1.29 is 42.4 Å². The summed E-state index contributed by atoms with van der Waals surface area (Å²) in [5.74, 6) is -3.13. The van der Waals surface area contributed by atoms with Gasteiger partial charge in [0.05, 0.1) is 24.8 Å². The van der Waals surface area contributed by atoms with Gasteiger partial charge >= 0.3 is 18.1 Å². The van der Waals surface area contributed by atoms with E-state index in [-0.39, 0.29) is 31.6 Å². The van der Waals surface area contributed by atoms with Gasteiger partial charge in [0.15, 0.2) is 11.2 Å². The minimum atomic E-state index is -4.54. The molecule has 0 aliphatic heterocycles. The van der Waals surface area contributed by atoms with Crippen LogP contribution in [0, 0.1) is 0 Å². The fourth-order valence-corrected chi connectivity index (χ4v) is 3.59. The highest BCUT2D eigenvalue weighted by atomic mass is 19.4. The van der Waals surface area contributed by atoms with E-state index in [1.54, 1.807) is 0 Å². The Morgan fingerprint density at radius 2 is 1.45 bits per heavy atom. The molecule has 0 saturated heterocycles. The smallest absolute Gasteiger partial charge is 0.416 e. The molecule has 0 amide bonds. The molecule has 1 aromatic rings. The van der Waals surface area contributed by atoms with Crippen molar-refractivity contribution in [2.75, 3.05) is 13.2 Å². The molecule has 1 fully saturated rings. The molecule has 1 saturated carbocycles. The maximum Gasteiger partial charge on any atom is 0.416 e. The Morgan fingerprint density at radius 1 is 1.03 bits per heavy atom. The number of halogens is 3. The van der Waals surface area contributed by atoms with E-state index in [2.05, 4.69) is 0 Å². The van der Waals surface area contributed by atoms with Gasteiger partial charge in [0.2, 0.25) is 0 Å². The summed E-state index contributed by atoms with van der Waals surface area (Å²) in [4.78, 5) is 24.8. The van der Waals surface area contributed by atoms with Gasteiger partial charge in [0.1, 0.15) is 0 Å². The highest BCUT2D eigenvalue weighted by Crippen LogP contribution is 2.45. The number of hydrogen-bond acceptors (Lipinski definition) is 7. The molecule has 0 spiro atoms. The zero-order chi connectivity index (χ0) is 22.0. The third kappa shape index (κ3) is 4.39. The van der Waals surface area contributed by atoms with Crippen molar-refractivity contribution in [3.63, 3.8) is 0 Å². The molecule has 2 unspecified atom stereocenters. The summed E-state index contributed by atoms with van der Waals surface area (Å²) in [7, 11) is 0. The second-order valence-corrected chi connectivity index (χ2v) is 6.99. The lowest BCUT2D eigenvalue weighted by Gasteiger charge is -2.47. The fraction of sp³-hybridized carbons (Fsp3) is 0.579. The Hall–Kier alpha value is -2.17. The van der Waals surface area contributed by atoms with Gasteiger partial charge in [-0.15, -0.1) is 0 Å². The van der Waals surface area contributed by atoms with E-state index < -0.39 is 46.8 Å². The topological polar surface area (TPSA) is 119 Å². The Balaban J connectivity index is 2.47. The van der Waals surface area contributed by atoms with E-state index in [9.17, 15) is 33.0 Å². The standard InChI is InChI=1S/C19H24F3NO6/c1-3-28-15(24)17(26)9-12(10-18(27,14(17)23)16(25)29-4-2)11-5-7-13(8-6-11)19(20,21)22/h5-8,12,14,26-27H,3-4,9-10,23H2,1-2H3. The minimum absolute atomic E-state index is 0.0867. The van der Waals surface area contributed by atoms with E-state index >= 15 is 0 Å². The number of esters is 2. The molecule has 4 N–H and O–H groups in total. The van der Waals surface area contributed by atoms with Crippen LogP contribution in [0.3, 0.4) is 0 Å². The third-order valence-corrected chi connectivity index (χ3v) is 5.11. The van der Waals surface area contributed by atoms with Crippen molar-refractivity contribution in [2.45, 2.75) is 56.0 Å². The van der Waals surface area contributed by atoms with Gasteiger partial charge in [0.25, 0.3) is 0 Å². The number of benzene rings is 1. The van der Waals surface area contributed by atoms with Crippen LogP contribution in [0.15, 0.2) is 24.3 Å². The van der Waals surface area contributed by atoms with E-state index in [0.717, 1.165) is 12.1 Å². The van der Waals surface area contributed by atoms with Crippen LogP contribution in [-0.4, -0.2) is 52.6 Å². The van der Waals surface area contributed by atoms with Crippen LogP contribution in [0.2, 0.25) is 0 Å². The molecule has 10 heteroatoms. The van der Waals surface area contributed by atoms with Gasteiger partial charge < -0.3 is 25.4 Å². The molecule has 0 radical (unpaired) electrons. The Morgan fingerprint density at radius 3 is 1.79 bits per heavy atom. The van der Waals surface area contributed by atoms with Crippen LogP contribution in [-0.2, 0) is 25.2 Å². The molecule has 0 aromatic heterocycles. The number of carbonyl (C=O) groups is 2. The van der Waals surface area contributed by atoms with Crippen molar-refractivity contribution >= 4 is 11.9 Å². The van der Waals surface area contributed by atoms with E-state index in [0.29, 0.717) is 0 Å². The molecule has 1 aliphatic rings. The Labute approximate surface area is 165 Å². The number of nitrogens with two attached hydrogens (primary N) is 1. The van der Waals surface area contributed by atoms with Gasteiger partial charge in [-0.2, -0.15) is 13.2 Å². The quantitative estimate of drug-likeness (QED) is 0.619. The van der Waals surface area contributed by atoms with Crippen molar-refractivity contribution in [3.8, 4) is 0 Å². The van der Waals surface area contributed by atoms with E-state index in [1.165, 1.54) is 26.0 Å². The molecule has 0 bridgehead atoms. The molecule has 2 atom stereocenters. The predicted octanol–water partition coefficient (Wildman–Crippen LogP) is 1.50. The van der Waals surface area contributed by atoms with Crippen LogP contribution in [0.4, 0.5) is 13.2 Å². The van der Waals surface area contributed by atoms with E-state index in [1.807, 2.05) is 0 Å². The van der Waals surface area contributed by atoms with E-state index in [4.69, 9.17) is 15.2 Å². The second kappa shape index (κ2) is 8.29. The van der Waals surface area contributed by atoms with Crippen LogP contribution in [0.1, 0.15) is 43.7 Å². The number of aliphatic hydroxyl groups is 2. The van der Waals surface area contributed by atoms with Crippen LogP contribution in [0.25, 0.3) is 0 Å². The largest absolute Gasteiger partial charge is 0.464 e. The third-order valence-electron chi connectivity index (χ3n) is 5.11. The van der Waals surface area contributed by atoms with Crippen LogP contribution >= 0.6 is 0 Å². The van der Waals surface area contributed by atoms with Gasteiger partial charge in [-0.05, 0) is 50.3 Å². The van der Waals surface area contributed by atoms with Crippen molar-refractivity contribution in [2.24, 2.45) is 5.73 Å². The number of ether oxygens (including phenoxy) is 2. The van der Waals surface area contributed by atoms with Crippen molar-refractivity contribution in [3.05, 3.63) is 35.4 Å². The highest BCUT2D eigenvalue weighted by molar-refractivity contribution is 5.87. The number of hydrogen-bond donors (Lipinski definition) is 3. The average molecular weight is 419 g/mol. The first kappa shape index (κ1) is 23.1. The van der Waals surface area contributed by atoms with Crippen molar-refractivity contribution in [1.82, 2.24) is 0 Å². The zero-order valence-electron chi connectivity index (χ0n) is 16.0. The first-order chi connectivity index (χ1) is 13.4. The number of alkyl halides is 3. The fourth-order valence-electron chi connectivity index (χ4n) is 3.59. The summed E-state index contributed by atoms with van der Waals surface area (Å²) in [6.45, 7) is 2.83. The van der Waals surface area contributed by atoms with Gasteiger partial charge in [-0.1, -0.05) is 12.1 Å². The molecular formula is C19H24F3NO6. The number of rotatable bonds is 5. The van der Waals surface area contributed by atoms with Gasteiger partial charge in [0, 0.05) is 0 Å². The first-order valence-electron chi connectivity index (χ1n) is 9.12. The lowest BCUT2D eigenvalue weighted by Crippen LogP contribution is -2.71. The molecule has 1 aliphatic carbocycles. The zero-order valence-corrected chi connectivity index (χ0v) is 16.0. The molecule has 1 aromatic carbocycles. The molecule has 162 valence electrons. The molecule has 2 rings (SSSR count). The maximum atomic E-state index is 12.8. The van der Waals surface area contributed by atoms with Crippen LogP contribution < -0.4 is 5.73 Å². The number of carbonyl (C=O) groups excluding carboxylic acids is 2. The predicted molar refractivity (Wildman–Crippen MR) is 94.6 cm³/mol. The first-order valence-corrected chi connectivity index (χ1v) is 9.12. The minimum Gasteiger partial charge on any atom is -0.464 e. The Bertz CT molecular complexity index is 719. The summed E-state index contributed by atoms with van der Waals surface area (Å²) in [6, 6.07) is 2.27. The van der Waals surface area contributed by atoms with Gasteiger partial charge in [-0.3, -0.25) is 0 Å². The average Bonchev–Trinajstić information content (AvgIpc) is 2.65. The summed E-state index contributed by atoms with van der Waals surface area (Å²) >= 11 is 0. The molecular weight excluding hydrogens is 395 g/mol. The molecule has 7 nitrogen and oxygen atoms in total. The summed E-state index contributed by atoms with van der Waals surface area (Å²) < 4.78 is 48.2. The Kier molecular flexibility index (Phi) is 6.61. The van der Waals surface area contributed by atoms with Crippen LogP contribution in [0.5, 0.6) is 0 Å². The van der Waals surface area contributed by atoms with Gasteiger partial charge in [-0.25, -0.2) is 9.59 Å². The monoisotopic (exact) mass is 419 g/mol.